The van der Waals surface area contributed by atoms with E-state index in [1.54, 1.807) is 23.5 Å². The Morgan fingerprint density at radius 3 is 1.28 bits per heavy atom. The number of rotatable bonds is 2. The molecule has 4 aromatic rings. The van der Waals surface area contributed by atoms with E-state index in [1.165, 1.54) is 53.9 Å². The van der Waals surface area contributed by atoms with Gasteiger partial charge in [0.05, 0.1) is 11.4 Å². The fraction of sp³-hybridized carbons (Fsp3) is 0.143. The summed E-state index contributed by atoms with van der Waals surface area (Å²) in [5.74, 6) is 0. The lowest BCUT2D eigenvalue weighted by Crippen LogP contribution is -2.05. The Balaban J connectivity index is 1.57. The van der Waals surface area contributed by atoms with E-state index < -0.39 is 0 Å². The molecule has 4 aromatic carbocycles. The van der Waals surface area contributed by atoms with E-state index in [0.717, 1.165) is 21.5 Å². The van der Waals surface area contributed by atoms with E-state index in [0.29, 0.717) is 0 Å². The van der Waals surface area contributed by atoms with Crippen LogP contribution in [0.5, 0.6) is 0 Å². The van der Waals surface area contributed by atoms with Gasteiger partial charge in [0.15, 0.2) is 0 Å². The zero-order valence-corrected chi connectivity index (χ0v) is 20.1. The predicted molar refractivity (Wildman–Crippen MR) is 140 cm³/mol. The van der Waals surface area contributed by atoms with Crippen LogP contribution in [-0.4, -0.2) is 10.1 Å². The van der Waals surface area contributed by atoms with Gasteiger partial charge in [0.1, 0.15) is 10.1 Å². The third kappa shape index (κ3) is 3.13. The van der Waals surface area contributed by atoms with Gasteiger partial charge in [-0.3, -0.25) is 0 Å². The van der Waals surface area contributed by atoms with Crippen molar-refractivity contribution < 1.29 is 0 Å². The Morgan fingerprint density at radius 1 is 0.531 bits per heavy atom. The van der Waals surface area contributed by atoms with Gasteiger partial charge in [-0.2, -0.15) is 0 Å². The molecule has 0 aromatic heterocycles. The first-order valence-electron chi connectivity index (χ1n) is 10.8. The molecule has 0 bridgehead atoms. The van der Waals surface area contributed by atoms with Gasteiger partial charge in [-0.25, -0.2) is 9.98 Å². The molecule has 0 amide bonds. The molecule has 6 rings (SSSR count). The van der Waals surface area contributed by atoms with Crippen LogP contribution in [0.25, 0.3) is 10.8 Å². The Hall–Kier alpha value is -2.82. The van der Waals surface area contributed by atoms with Gasteiger partial charge in [-0.15, -0.1) is 0 Å². The second kappa shape index (κ2) is 7.36. The smallest absolute Gasteiger partial charge is 0.109 e. The zero-order valence-electron chi connectivity index (χ0n) is 18.5. The number of nitrogens with zero attached hydrogens (tertiary/aromatic N) is 2. The average molecular weight is 451 g/mol. The van der Waals surface area contributed by atoms with Crippen LogP contribution in [0.4, 0.5) is 11.4 Å². The molecule has 0 unspecified atom stereocenters. The average Bonchev–Trinajstić information content (AvgIpc) is 2.79. The highest BCUT2D eigenvalue weighted by Crippen LogP contribution is 2.53. The summed E-state index contributed by atoms with van der Waals surface area (Å²) in [7, 11) is 0. The van der Waals surface area contributed by atoms with Crippen LogP contribution in [0.3, 0.4) is 0 Å². The van der Waals surface area contributed by atoms with Crippen molar-refractivity contribution in [2.75, 3.05) is 0 Å². The largest absolute Gasteiger partial charge is 0.240 e. The number of thioether (sulfide) groups is 2. The second-order valence-corrected chi connectivity index (χ2v) is 10.6. The lowest BCUT2D eigenvalue weighted by atomic mass is 10.00. The molecule has 0 fully saturated rings. The fourth-order valence-electron chi connectivity index (χ4n) is 4.33. The Bertz CT molecular complexity index is 1360. The summed E-state index contributed by atoms with van der Waals surface area (Å²) >= 11 is 3.57. The maximum atomic E-state index is 5.11. The minimum absolute atomic E-state index is 1.06. The summed E-state index contributed by atoms with van der Waals surface area (Å²) < 4.78 is 0. The first kappa shape index (κ1) is 19.8. The summed E-state index contributed by atoms with van der Waals surface area (Å²) in [5, 5.41) is 4.63. The first-order valence-corrected chi connectivity index (χ1v) is 12.4. The highest BCUT2D eigenvalue weighted by molar-refractivity contribution is 8.15. The van der Waals surface area contributed by atoms with Crippen molar-refractivity contribution in [2.45, 2.75) is 37.5 Å². The molecule has 2 heterocycles. The molecule has 156 valence electrons. The number of aliphatic imine (C=N–C) groups is 2. The van der Waals surface area contributed by atoms with E-state index in [9.17, 15) is 0 Å². The minimum Gasteiger partial charge on any atom is -0.240 e. The quantitative estimate of drug-likeness (QED) is 0.306. The minimum atomic E-state index is 1.06. The highest BCUT2D eigenvalue weighted by Gasteiger charge is 2.27. The van der Waals surface area contributed by atoms with Gasteiger partial charge in [-0.05, 0) is 51.0 Å². The van der Waals surface area contributed by atoms with Crippen LogP contribution in [-0.2, 0) is 0 Å². The number of benzene rings is 4. The van der Waals surface area contributed by atoms with Crippen molar-refractivity contribution in [3.05, 3.63) is 94.0 Å². The molecular formula is C28H22N2S2. The standard InChI is InChI=1S/C28H22N2S2/c1-15-5-9-19(10-6-15)27-29-21-13-18(4)26-24-22(14-17(3)25(31-27)23(21)24)30-28(32-26)20-11-7-16(2)8-12-20/h5-14H,1-4H3. The van der Waals surface area contributed by atoms with E-state index >= 15 is 0 Å². The molecule has 2 aliphatic heterocycles. The summed E-state index contributed by atoms with van der Waals surface area (Å²) in [6, 6.07) is 21.8. The van der Waals surface area contributed by atoms with Crippen molar-refractivity contribution in [1.29, 1.82) is 0 Å². The van der Waals surface area contributed by atoms with E-state index in [2.05, 4.69) is 88.4 Å². The molecule has 0 N–H and O–H groups in total. The molecule has 0 radical (unpaired) electrons. The fourth-order valence-corrected chi connectivity index (χ4v) is 6.57. The van der Waals surface area contributed by atoms with Gasteiger partial charge >= 0.3 is 0 Å². The normalized spacial score (nSPS) is 14.4. The molecule has 32 heavy (non-hydrogen) atoms. The molecular weight excluding hydrogens is 428 g/mol. The van der Waals surface area contributed by atoms with Crippen LogP contribution in [0.15, 0.2) is 80.4 Å². The predicted octanol–water partition coefficient (Wildman–Crippen LogP) is 8.44. The first-order chi connectivity index (χ1) is 15.5. The van der Waals surface area contributed by atoms with Crippen molar-refractivity contribution >= 4 is 55.8 Å². The van der Waals surface area contributed by atoms with Gasteiger partial charge in [-0.1, -0.05) is 83.2 Å². The second-order valence-electron chi connectivity index (χ2n) is 8.60. The summed E-state index contributed by atoms with van der Waals surface area (Å²) in [4.78, 5) is 12.8. The molecule has 4 heteroatoms. The monoisotopic (exact) mass is 450 g/mol. The molecule has 0 saturated heterocycles. The van der Waals surface area contributed by atoms with Crippen LogP contribution >= 0.6 is 23.5 Å². The number of hydrogen-bond acceptors (Lipinski definition) is 4. The van der Waals surface area contributed by atoms with Crippen molar-refractivity contribution in [3.63, 3.8) is 0 Å². The maximum Gasteiger partial charge on any atom is 0.109 e. The van der Waals surface area contributed by atoms with Crippen molar-refractivity contribution in [3.8, 4) is 0 Å². The molecule has 0 spiro atoms. The van der Waals surface area contributed by atoms with Crippen molar-refractivity contribution in [1.82, 2.24) is 0 Å². The number of hydrogen-bond donors (Lipinski definition) is 0. The van der Waals surface area contributed by atoms with E-state index in [1.807, 2.05) is 0 Å². The van der Waals surface area contributed by atoms with Gasteiger partial charge in [0, 0.05) is 31.7 Å². The summed E-state index contributed by atoms with van der Waals surface area (Å²) in [6.45, 7) is 8.63. The van der Waals surface area contributed by atoms with Gasteiger partial charge < -0.3 is 0 Å². The topological polar surface area (TPSA) is 24.7 Å². The molecule has 2 aliphatic rings. The molecule has 0 aliphatic carbocycles. The summed E-state index contributed by atoms with van der Waals surface area (Å²) in [6.07, 6.45) is 0. The van der Waals surface area contributed by atoms with Crippen molar-refractivity contribution in [2.24, 2.45) is 9.98 Å². The number of aryl methyl sites for hydroxylation is 4. The van der Waals surface area contributed by atoms with Crippen LogP contribution in [0, 0.1) is 27.7 Å². The maximum absolute atomic E-state index is 5.11. The Morgan fingerprint density at radius 2 is 0.906 bits per heavy atom. The molecule has 0 saturated carbocycles. The third-order valence-corrected chi connectivity index (χ3v) is 8.58. The third-order valence-electron chi connectivity index (χ3n) is 6.08. The van der Waals surface area contributed by atoms with Crippen LogP contribution < -0.4 is 0 Å². The molecule has 0 atom stereocenters. The molecule has 2 nitrogen and oxygen atoms in total. The van der Waals surface area contributed by atoms with Gasteiger partial charge in [0.25, 0.3) is 0 Å². The van der Waals surface area contributed by atoms with Crippen LogP contribution in [0.2, 0.25) is 0 Å². The van der Waals surface area contributed by atoms with E-state index in [4.69, 9.17) is 9.98 Å². The zero-order chi connectivity index (χ0) is 22.0. The lowest BCUT2D eigenvalue weighted by molar-refractivity contribution is 1.27. The Kier molecular flexibility index (Phi) is 4.56. The SMILES string of the molecule is Cc1ccc(C2=Nc3cc(C)c4c5c(cc(C)c(c35)S2)N=C(c2ccc(C)cc2)S4)cc1. The van der Waals surface area contributed by atoms with Gasteiger partial charge in [0.2, 0.25) is 0 Å². The highest BCUT2D eigenvalue weighted by atomic mass is 32.2. The summed E-state index contributed by atoms with van der Waals surface area (Å²) in [5.41, 5.74) is 9.51. The Labute approximate surface area is 196 Å². The van der Waals surface area contributed by atoms with Crippen LogP contribution in [0.1, 0.15) is 33.4 Å². The van der Waals surface area contributed by atoms with E-state index in [-0.39, 0.29) is 0 Å². The lowest BCUT2D eigenvalue weighted by Gasteiger charge is -2.25.